The summed E-state index contributed by atoms with van der Waals surface area (Å²) in [6, 6.07) is 6.90. The smallest absolute Gasteiger partial charge is 0.305 e. The van der Waals surface area contributed by atoms with Crippen LogP contribution in [-0.2, 0) is 9.53 Å². The summed E-state index contributed by atoms with van der Waals surface area (Å²) in [5.41, 5.74) is 4.53. The van der Waals surface area contributed by atoms with Crippen molar-refractivity contribution in [1.82, 2.24) is 4.98 Å². The first kappa shape index (κ1) is 18.4. The molecule has 0 bridgehead atoms. The van der Waals surface area contributed by atoms with Crippen LogP contribution in [0.5, 0.6) is 0 Å². The van der Waals surface area contributed by atoms with E-state index in [1.165, 1.54) is 16.6 Å². The number of carbonyl (C=O) groups is 1. The molecule has 27 heavy (non-hydrogen) atoms. The molecule has 0 unspecified atom stereocenters. The Morgan fingerprint density at radius 2 is 2.15 bits per heavy atom. The molecule has 2 N–H and O–H groups in total. The molecule has 6 nitrogen and oxygen atoms in total. The van der Waals surface area contributed by atoms with E-state index in [9.17, 15) is 4.79 Å². The lowest BCUT2D eigenvalue weighted by Gasteiger charge is -2.33. The van der Waals surface area contributed by atoms with E-state index in [2.05, 4.69) is 47.0 Å². The van der Waals surface area contributed by atoms with E-state index in [1.807, 2.05) is 0 Å². The zero-order chi connectivity index (χ0) is 19.0. The number of nitrogens with zero attached hydrogens (tertiary/aromatic N) is 2. The largest absolute Gasteiger partial charge is 0.481 e. The summed E-state index contributed by atoms with van der Waals surface area (Å²) in [5, 5.41) is 11.1. The van der Waals surface area contributed by atoms with Crippen molar-refractivity contribution in [1.29, 1.82) is 0 Å². The molecule has 0 spiro atoms. The van der Waals surface area contributed by atoms with Crippen molar-refractivity contribution in [2.75, 3.05) is 30.9 Å². The number of hydrogen-bond acceptors (Lipinski definition) is 5. The second kappa shape index (κ2) is 7.56. The zero-order valence-corrected chi connectivity index (χ0v) is 16.5. The van der Waals surface area contributed by atoms with Gasteiger partial charge in [-0.25, -0.2) is 0 Å². The number of rotatable bonds is 5. The molecule has 0 radical (unpaired) electrons. The number of H-pyrrole nitrogens is 1. The van der Waals surface area contributed by atoms with Crippen molar-refractivity contribution < 1.29 is 14.6 Å². The summed E-state index contributed by atoms with van der Waals surface area (Å²) in [5.74, 6) is -0.0662. The minimum atomic E-state index is -0.793. The molecule has 2 aromatic rings. The standard InChI is InChI=1S/C20H25N3O3S/c1-12-7-13-9-16(20-21-14(11-27-20)10-18(24)25)22-19(13)17(8-12)23(2)15-3-5-26-6-4-15/h7-9,14-15,22H,3-6,10-11H2,1-2H3,(H,24,25)/t14-/m1/s1. The Morgan fingerprint density at radius 3 is 2.89 bits per heavy atom. The van der Waals surface area contributed by atoms with Gasteiger partial charge in [-0.1, -0.05) is 0 Å². The normalized spacial score (nSPS) is 20.8. The second-order valence-corrected chi connectivity index (χ2v) is 8.39. The summed E-state index contributed by atoms with van der Waals surface area (Å²) >= 11 is 1.63. The fourth-order valence-corrected chi connectivity index (χ4v) is 4.93. The zero-order valence-electron chi connectivity index (χ0n) is 15.7. The summed E-state index contributed by atoms with van der Waals surface area (Å²) in [4.78, 5) is 21.5. The molecule has 1 aromatic carbocycles. The Balaban J connectivity index is 1.67. The lowest BCUT2D eigenvalue weighted by molar-refractivity contribution is -0.137. The molecule has 2 aliphatic heterocycles. The Labute approximate surface area is 163 Å². The number of aliphatic carboxylic acids is 1. The number of carboxylic acid groups (broad SMARTS) is 1. The maximum absolute atomic E-state index is 10.9. The first-order valence-electron chi connectivity index (χ1n) is 9.38. The van der Waals surface area contributed by atoms with E-state index in [0.717, 1.165) is 48.1 Å². The van der Waals surface area contributed by atoms with Crippen LogP contribution < -0.4 is 4.90 Å². The quantitative estimate of drug-likeness (QED) is 0.822. The van der Waals surface area contributed by atoms with Gasteiger partial charge in [0.15, 0.2) is 0 Å². The maximum atomic E-state index is 10.9. The number of aliphatic imine (C=N–C) groups is 1. The molecule has 7 heteroatoms. The third-order valence-corrected chi connectivity index (χ3v) is 6.47. The second-order valence-electron chi connectivity index (χ2n) is 7.38. The van der Waals surface area contributed by atoms with E-state index in [-0.39, 0.29) is 12.5 Å². The van der Waals surface area contributed by atoms with Gasteiger partial charge in [-0.05, 0) is 43.5 Å². The number of anilines is 1. The van der Waals surface area contributed by atoms with Crippen LogP contribution in [0.1, 0.15) is 30.5 Å². The molecule has 0 amide bonds. The van der Waals surface area contributed by atoms with Crippen molar-refractivity contribution in [2.24, 2.45) is 4.99 Å². The van der Waals surface area contributed by atoms with Crippen LogP contribution in [0.25, 0.3) is 10.9 Å². The Kier molecular flexibility index (Phi) is 5.14. The number of hydrogen-bond donors (Lipinski definition) is 2. The van der Waals surface area contributed by atoms with Crippen LogP contribution in [0.4, 0.5) is 5.69 Å². The fraction of sp³-hybridized carbons (Fsp3) is 0.500. The number of aromatic amines is 1. The molecule has 1 atom stereocenters. The number of benzene rings is 1. The van der Waals surface area contributed by atoms with Gasteiger partial charge in [0, 0.05) is 37.4 Å². The van der Waals surface area contributed by atoms with E-state index in [4.69, 9.17) is 9.84 Å². The van der Waals surface area contributed by atoms with Gasteiger partial charge in [-0.2, -0.15) is 0 Å². The average molecular weight is 388 g/mol. The number of fused-ring (bicyclic) bond motifs is 1. The van der Waals surface area contributed by atoms with Crippen LogP contribution in [0.15, 0.2) is 23.2 Å². The highest BCUT2D eigenvalue weighted by Crippen LogP contribution is 2.33. The van der Waals surface area contributed by atoms with Gasteiger partial charge >= 0.3 is 5.97 Å². The highest BCUT2D eigenvalue weighted by Gasteiger charge is 2.25. The van der Waals surface area contributed by atoms with Crippen molar-refractivity contribution in [2.45, 2.75) is 38.3 Å². The molecular formula is C20H25N3O3S. The van der Waals surface area contributed by atoms with E-state index in [0.29, 0.717) is 6.04 Å². The topological polar surface area (TPSA) is 77.9 Å². The van der Waals surface area contributed by atoms with Crippen molar-refractivity contribution in [3.05, 3.63) is 29.5 Å². The van der Waals surface area contributed by atoms with Crippen molar-refractivity contribution >= 4 is 39.4 Å². The molecule has 1 aromatic heterocycles. The number of aromatic nitrogens is 1. The van der Waals surface area contributed by atoms with Gasteiger partial charge in [-0.3, -0.25) is 9.79 Å². The first-order valence-corrected chi connectivity index (χ1v) is 10.4. The van der Waals surface area contributed by atoms with Gasteiger partial charge in [-0.15, -0.1) is 11.8 Å². The Bertz CT molecular complexity index is 886. The highest BCUT2D eigenvalue weighted by molar-refractivity contribution is 8.14. The predicted octanol–water partition coefficient (Wildman–Crippen LogP) is 3.43. The van der Waals surface area contributed by atoms with Gasteiger partial charge in [0.1, 0.15) is 5.04 Å². The van der Waals surface area contributed by atoms with Crippen LogP contribution in [-0.4, -0.2) is 59.2 Å². The summed E-state index contributed by atoms with van der Waals surface area (Å²) < 4.78 is 5.51. The maximum Gasteiger partial charge on any atom is 0.305 e. The van der Waals surface area contributed by atoms with Crippen LogP contribution in [0.2, 0.25) is 0 Å². The van der Waals surface area contributed by atoms with Gasteiger partial charge < -0.3 is 19.7 Å². The molecule has 4 rings (SSSR count). The van der Waals surface area contributed by atoms with E-state index < -0.39 is 5.97 Å². The molecule has 0 aliphatic carbocycles. The van der Waals surface area contributed by atoms with Crippen LogP contribution in [0, 0.1) is 6.92 Å². The van der Waals surface area contributed by atoms with E-state index >= 15 is 0 Å². The Morgan fingerprint density at radius 1 is 1.37 bits per heavy atom. The molecule has 0 saturated carbocycles. The van der Waals surface area contributed by atoms with E-state index in [1.54, 1.807) is 11.8 Å². The van der Waals surface area contributed by atoms with Crippen LogP contribution in [0.3, 0.4) is 0 Å². The third-order valence-electron chi connectivity index (χ3n) is 5.32. The lowest BCUT2D eigenvalue weighted by Crippen LogP contribution is -2.36. The molecule has 2 aliphatic rings. The molecule has 1 fully saturated rings. The number of ether oxygens (including phenoxy) is 1. The van der Waals surface area contributed by atoms with Crippen LogP contribution >= 0.6 is 11.8 Å². The Hall–Kier alpha value is -1.99. The van der Waals surface area contributed by atoms with Gasteiger partial charge in [0.05, 0.1) is 29.4 Å². The monoisotopic (exact) mass is 387 g/mol. The molecule has 1 saturated heterocycles. The van der Waals surface area contributed by atoms with Gasteiger partial charge in [0.25, 0.3) is 0 Å². The highest BCUT2D eigenvalue weighted by atomic mass is 32.2. The minimum absolute atomic E-state index is 0.0908. The number of aryl methyl sites for hydroxylation is 1. The number of carboxylic acids is 1. The first-order chi connectivity index (χ1) is 13.0. The number of thioether (sulfide) groups is 1. The number of nitrogens with one attached hydrogen (secondary N) is 1. The third kappa shape index (κ3) is 3.84. The lowest BCUT2D eigenvalue weighted by atomic mass is 10.0. The van der Waals surface area contributed by atoms with Crippen molar-refractivity contribution in [3.8, 4) is 0 Å². The predicted molar refractivity (Wildman–Crippen MR) is 110 cm³/mol. The SMILES string of the molecule is Cc1cc(N(C)C2CCOCC2)c2[nH]c(C3=N[C@H](CC(=O)O)CS3)cc2c1. The fourth-order valence-electron chi connectivity index (χ4n) is 3.90. The molecular weight excluding hydrogens is 362 g/mol. The minimum Gasteiger partial charge on any atom is -0.481 e. The molecule has 144 valence electrons. The van der Waals surface area contributed by atoms with Crippen molar-refractivity contribution in [3.63, 3.8) is 0 Å². The summed E-state index contributed by atoms with van der Waals surface area (Å²) in [6.45, 7) is 3.76. The summed E-state index contributed by atoms with van der Waals surface area (Å²) in [7, 11) is 2.16. The van der Waals surface area contributed by atoms with Gasteiger partial charge in [0.2, 0.25) is 0 Å². The average Bonchev–Trinajstić information content (AvgIpc) is 3.27. The molecule has 3 heterocycles. The summed E-state index contributed by atoms with van der Waals surface area (Å²) in [6.07, 6.45) is 2.17.